The number of hydrogen-bond acceptors (Lipinski definition) is 5. The molecule has 1 saturated carbocycles. The summed E-state index contributed by atoms with van der Waals surface area (Å²) < 4.78 is 0. The van der Waals surface area contributed by atoms with Crippen molar-refractivity contribution in [3.8, 4) is 0 Å². The number of nitrogens with two attached hydrogens (primary N) is 1. The Kier molecular flexibility index (Phi) is 5.39. The molecule has 1 fully saturated rings. The van der Waals surface area contributed by atoms with E-state index in [2.05, 4.69) is 15.6 Å². The summed E-state index contributed by atoms with van der Waals surface area (Å²) in [5, 5.41) is 5.78. The third-order valence-electron chi connectivity index (χ3n) is 4.64. The van der Waals surface area contributed by atoms with Gasteiger partial charge in [0.25, 0.3) is 17.4 Å². The van der Waals surface area contributed by atoms with Crippen LogP contribution in [0.15, 0.2) is 39.9 Å². The average Bonchev–Trinajstić information content (AvgIpc) is 2.66. The van der Waals surface area contributed by atoms with Gasteiger partial charge in [-0.15, -0.1) is 0 Å². The van der Waals surface area contributed by atoms with Crippen LogP contribution in [0.4, 0.5) is 5.69 Å². The Morgan fingerprint density at radius 1 is 0.889 bits per heavy atom. The van der Waals surface area contributed by atoms with E-state index in [1.54, 1.807) is 12.1 Å². The molecule has 142 valence electrons. The van der Waals surface area contributed by atoms with Gasteiger partial charge >= 0.3 is 5.69 Å². The molecular formula is C18H21N5O4. The minimum Gasteiger partial charge on any atom is -0.392 e. The summed E-state index contributed by atoms with van der Waals surface area (Å²) in [6.07, 6.45) is 2.76. The van der Waals surface area contributed by atoms with Crippen LogP contribution < -0.4 is 27.6 Å². The van der Waals surface area contributed by atoms with Crippen LogP contribution in [-0.4, -0.2) is 33.9 Å². The number of amides is 2. The average molecular weight is 371 g/mol. The van der Waals surface area contributed by atoms with Crippen LogP contribution >= 0.6 is 0 Å². The molecule has 9 nitrogen and oxygen atoms in total. The predicted octanol–water partition coefficient (Wildman–Crippen LogP) is 0.116. The lowest BCUT2D eigenvalue weighted by atomic mass is 9.91. The Hall–Kier alpha value is -3.36. The molecule has 2 aromatic rings. The minimum atomic E-state index is -0.795. The van der Waals surface area contributed by atoms with E-state index in [0.717, 1.165) is 0 Å². The van der Waals surface area contributed by atoms with Gasteiger partial charge in [-0.25, -0.2) is 4.79 Å². The molecule has 0 atom stereocenters. The fraction of sp³-hybridized carbons (Fsp3) is 0.333. The maximum absolute atomic E-state index is 12.3. The lowest BCUT2D eigenvalue weighted by Gasteiger charge is -2.29. The molecule has 3 rings (SSSR count). The van der Waals surface area contributed by atoms with Crippen molar-refractivity contribution < 1.29 is 9.59 Å². The Bertz CT molecular complexity index is 942. The van der Waals surface area contributed by atoms with Gasteiger partial charge in [0.15, 0.2) is 0 Å². The highest BCUT2D eigenvalue weighted by Crippen LogP contribution is 2.19. The van der Waals surface area contributed by atoms with Gasteiger partial charge in [0.1, 0.15) is 11.4 Å². The van der Waals surface area contributed by atoms with E-state index >= 15 is 0 Å². The molecule has 2 amide bonds. The second kappa shape index (κ2) is 7.90. The number of carbonyl (C=O) groups excluding carboxylic acids is 2. The number of H-pyrrole nitrogens is 2. The number of aromatic nitrogens is 2. The van der Waals surface area contributed by atoms with E-state index < -0.39 is 17.2 Å². The van der Waals surface area contributed by atoms with E-state index in [1.165, 1.54) is 0 Å². The SMILES string of the molecule is Nc1c(C(=O)NC2CCC(NC(=O)c3ccccc3)CC2)[nH]c(=O)[nH]c1=O. The van der Waals surface area contributed by atoms with Gasteiger partial charge in [-0.1, -0.05) is 18.2 Å². The third kappa shape index (κ3) is 4.43. The highest BCUT2D eigenvalue weighted by Gasteiger charge is 2.25. The first-order valence-electron chi connectivity index (χ1n) is 8.73. The van der Waals surface area contributed by atoms with Crippen LogP contribution in [0.25, 0.3) is 0 Å². The molecule has 6 N–H and O–H groups in total. The number of rotatable bonds is 4. The van der Waals surface area contributed by atoms with Crippen molar-refractivity contribution in [1.29, 1.82) is 0 Å². The summed E-state index contributed by atoms with van der Waals surface area (Å²) in [6, 6.07) is 8.91. The molecule has 9 heteroatoms. The van der Waals surface area contributed by atoms with Gasteiger partial charge in [0, 0.05) is 17.6 Å². The van der Waals surface area contributed by atoms with Crippen molar-refractivity contribution in [3.05, 3.63) is 62.4 Å². The normalized spacial score (nSPS) is 19.3. The number of benzene rings is 1. The monoisotopic (exact) mass is 371 g/mol. The zero-order chi connectivity index (χ0) is 19.4. The van der Waals surface area contributed by atoms with Crippen molar-refractivity contribution in [2.45, 2.75) is 37.8 Å². The van der Waals surface area contributed by atoms with E-state index in [0.29, 0.717) is 31.2 Å². The van der Waals surface area contributed by atoms with Crippen molar-refractivity contribution in [3.63, 3.8) is 0 Å². The standard InChI is InChI=1S/C18H21N5O4/c19-13-14(22-18(27)23-16(13)25)17(26)21-12-8-6-11(7-9-12)20-15(24)10-4-2-1-3-5-10/h1-5,11-12H,6-9,19H2,(H,20,24)(H,21,26)(H2,22,23,25,27). The van der Waals surface area contributed by atoms with Crippen LogP contribution in [0.1, 0.15) is 46.5 Å². The number of carbonyl (C=O) groups is 2. The van der Waals surface area contributed by atoms with Gasteiger partial charge < -0.3 is 21.4 Å². The summed E-state index contributed by atoms with van der Waals surface area (Å²) in [6.45, 7) is 0. The van der Waals surface area contributed by atoms with E-state index in [-0.39, 0.29) is 29.4 Å². The van der Waals surface area contributed by atoms with Gasteiger partial charge in [-0.3, -0.25) is 19.4 Å². The third-order valence-corrected chi connectivity index (χ3v) is 4.64. The number of anilines is 1. The van der Waals surface area contributed by atoms with Gasteiger partial charge in [-0.05, 0) is 37.8 Å². The molecule has 27 heavy (non-hydrogen) atoms. The summed E-state index contributed by atoms with van der Waals surface area (Å²) in [5.41, 5.74) is 4.04. The molecule has 1 aromatic carbocycles. The minimum absolute atomic E-state index is 0.0373. The van der Waals surface area contributed by atoms with Crippen LogP contribution in [0.5, 0.6) is 0 Å². The Morgan fingerprint density at radius 3 is 2.04 bits per heavy atom. The Labute approximate surface area is 154 Å². The van der Waals surface area contributed by atoms with E-state index in [9.17, 15) is 19.2 Å². The topological polar surface area (TPSA) is 150 Å². The number of aromatic amines is 2. The fourth-order valence-electron chi connectivity index (χ4n) is 3.17. The lowest BCUT2D eigenvalue weighted by molar-refractivity contribution is 0.0889. The first kappa shape index (κ1) is 18.4. The highest BCUT2D eigenvalue weighted by molar-refractivity contribution is 5.97. The summed E-state index contributed by atoms with van der Waals surface area (Å²) >= 11 is 0. The molecular weight excluding hydrogens is 350 g/mol. The first-order valence-corrected chi connectivity index (χ1v) is 8.73. The smallest absolute Gasteiger partial charge is 0.326 e. The molecule has 1 heterocycles. The molecule has 1 aliphatic rings. The van der Waals surface area contributed by atoms with E-state index in [1.807, 2.05) is 23.2 Å². The molecule has 0 bridgehead atoms. The summed E-state index contributed by atoms with van der Waals surface area (Å²) in [4.78, 5) is 51.5. The van der Waals surface area contributed by atoms with Crippen LogP contribution in [0, 0.1) is 0 Å². The molecule has 0 unspecified atom stereocenters. The van der Waals surface area contributed by atoms with Gasteiger partial charge in [-0.2, -0.15) is 0 Å². The van der Waals surface area contributed by atoms with Crippen molar-refractivity contribution in [2.24, 2.45) is 0 Å². The highest BCUT2D eigenvalue weighted by atomic mass is 16.2. The zero-order valence-electron chi connectivity index (χ0n) is 14.6. The lowest BCUT2D eigenvalue weighted by Crippen LogP contribution is -2.44. The summed E-state index contributed by atoms with van der Waals surface area (Å²) in [5.74, 6) is -0.704. The molecule has 0 spiro atoms. The van der Waals surface area contributed by atoms with Crippen molar-refractivity contribution in [1.82, 2.24) is 20.6 Å². The summed E-state index contributed by atoms with van der Waals surface area (Å²) in [7, 11) is 0. The van der Waals surface area contributed by atoms with Gasteiger partial charge in [0.05, 0.1) is 0 Å². The molecule has 0 aliphatic heterocycles. The second-order valence-electron chi connectivity index (χ2n) is 6.56. The number of nitrogens with one attached hydrogen (secondary N) is 4. The largest absolute Gasteiger partial charge is 0.392 e. The van der Waals surface area contributed by atoms with Crippen LogP contribution in [-0.2, 0) is 0 Å². The van der Waals surface area contributed by atoms with E-state index in [4.69, 9.17) is 5.73 Å². The molecule has 1 aliphatic carbocycles. The maximum atomic E-state index is 12.3. The predicted molar refractivity (Wildman–Crippen MR) is 99.5 cm³/mol. The second-order valence-corrected chi connectivity index (χ2v) is 6.56. The number of hydrogen-bond donors (Lipinski definition) is 5. The fourth-order valence-corrected chi connectivity index (χ4v) is 3.17. The van der Waals surface area contributed by atoms with Gasteiger partial charge in [0.2, 0.25) is 0 Å². The van der Waals surface area contributed by atoms with Crippen molar-refractivity contribution in [2.75, 3.05) is 5.73 Å². The Balaban J connectivity index is 1.54. The molecule has 1 aromatic heterocycles. The molecule has 0 radical (unpaired) electrons. The molecule has 0 saturated heterocycles. The Morgan fingerprint density at radius 2 is 1.44 bits per heavy atom. The maximum Gasteiger partial charge on any atom is 0.326 e. The van der Waals surface area contributed by atoms with Crippen LogP contribution in [0.2, 0.25) is 0 Å². The van der Waals surface area contributed by atoms with Crippen LogP contribution in [0.3, 0.4) is 0 Å². The number of nitrogen functional groups attached to an aromatic ring is 1. The zero-order valence-corrected chi connectivity index (χ0v) is 14.6. The first-order chi connectivity index (χ1) is 12.9. The van der Waals surface area contributed by atoms with Crippen molar-refractivity contribution >= 4 is 17.5 Å². The quantitative estimate of drug-likeness (QED) is 0.517.